The largest absolute Gasteiger partial charge is 0.360 e. The molecule has 1 aliphatic heterocycles. The highest BCUT2D eigenvalue weighted by Crippen LogP contribution is 2.16. The fourth-order valence-corrected chi connectivity index (χ4v) is 3.09. The average molecular weight is 268 g/mol. The van der Waals surface area contributed by atoms with Gasteiger partial charge in [0.2, 0.25) is 5.13 Å². The molecule has 1 aromatic rings. The van der Waals surface area contributed by atoms with Gasteiger partial charge in [-0.25, -0.2) is 4.98 Å². The molecule has 0 spiro atoms. The molecule has 1 fully saturated rings. The van der Waals surface area contributed by atoms with E-state index in [2.05, 4.69) is 26.5 Å². The lowest BCUT2D eigenvalue weighted by Gasteiger charge is -2.33. The molecule has 1 aromatic heterocycles. The Labute approximate surface area is 114 Å². The van der Waals surface area contributed by atoms with E-state index >= 15 is 0 Å². The summed E-state index contributed by atoms with van der Waals surface area (Å²) in [6.07, 6.45) is 6.65. The molecule has 1 unspecified atom stereocenters. The lowest BCUT2D eigenvalue weighted by molar-refractivity contribution is 0.158. The van der Waals surface area contributed by atoms with E-state index in [1.165, 1.54) is 56.7 Å². The summed E-state index contributed by atoms with van der Waals surface area (Å²) in [4.78, 5) is 6.93. The van der Waals surface area contributed by atoms with E-state index in [0.29, 0.717) is 0 Å². The van der Waals surface area contributed by atoms with Crippen molar-refractivity contribution >= 4 is 16.7 Å². The van der Waals surface area contributed by atoms with Crippen LogP contribution in [0.1, 0.15) is 44.9 Å². The first-order chi connectivity index (χ1) is 8.75. The van der Waals surface area contributed by atoms with E-state index in [1.807, 2.05) is 6.92 Å². The topological polar surface area (TPSA) is 41.1 Å². The predicted octanol–water partition coefficient (Wildman–Crippen LogP) is 2.91. The maximum absolute atomic E-state index is 4.30. The highest BCUT2D eigenvalue weighted by atomic mass is 32.1. The number of nitrogens with zero attached hydrogens (tertiary/aromatic N) is 3. The minimum absolute atomic E-state index is 0.789. The van der Waals surface area contributed by atoms with Gasteiger partial charge in [0.1, 0.15) is 5.82 Å². The Morgan fingerprint density at radius 2 is 2.28 bits per heavy atom. The summed E-state index contributed by atoms with van der Waals surface area (Å²) in [6, 6.07) is 0.789. The van der Waals surface area contributed by atoms with Crippen molar-refractivity contribution < 1.29 is 0 Å². The fourth-order valence-electron chi connectivity index (χ4n) is 2.49. The molecule has 0 bridgehead atoms. The van der Waals surface area contributed by atoms with Gasteiger partial charge in [-0.15, -0.1) is 0 Å². The van der Waals surface area contributed by atoms with Crippen LogP contribution in [0.4, 0.5) is 5.13 Å². The van der Waals surface area contributed by atoms with E-state index in [1.54, 1.807) is 0 Å². The number of nitrogens with one attached hydrogen (secondary N) is 1. The monoisotopic (exact) mass is 268 g/mol. The molecule has 1 N–H and O–H groups in total. The summed E-state index contributed by atoms with van der Waals surface area (Å²) >= 11 is 1.45. The molecule has 18 heavy (non-hydrogen) atoms. The summed E-state index contributed by atoms with van der Waals surface area (Å²) < 4.78 is 4.16. The number of aromatic nitrogens is 2. The maximum Gasteiger partial charge on any atom is 0.202 e. The van der Waals surface area contributed by atoms with Crippen molar-refractivity contribution in [3.63, 3.8) is 0 Å². The number of likely N-dealkylation sites (tertiary alicyclic amines) is 1. The number of aryl methyl sites for hydroxylation is 1. The maximum atomic E-state index is 4.30. The zero-order valence-corrected chi connectivity index (χ0v) is 12.3. The molecule has 0 amide bonds. The molecule has 0 aromatic carbocycles. The van der Waals surface area contributed by atoms with Crippen LogP contribution in [0.2, 0.25) is 0 Å². The third-order valence-corrected chi connectivity index (χ3v) is 4.38. The molecule has 0 aliphatic carbocycles. The van der Waals surface area contributed by atoms with Crippen molar-refractivity contribution in [2.45, 2.75) is 52.0 Å². The highest BCUT2D eigenvalue weighted by Gasteiger charge is 2.16. The van der Waals surface area contributed by atoms with Crippen LogP contribution < -0.4 is 5.32 Å². The van der Waals surface area contributed by atoms with Crippen molar-refractivity contribution in [3.05, 3.63) is 5.82 Å². The van der Waals surface area contributed by atoms with Crippen LogP contribution in [0, 0.1) is 6.92 Å². The lowest BCUT2D eigenvalue weighted by Crippen LogP contribution is -2.38. The Hall–Kier alpha value is -0.680. The highest BCUT2D eigenvalue weighted by molar-refractivity contribution is 7.09. The average Bonchev–Trinajstić information content (AvgIpc) is 2.77. The zero-order chi connectivity index (χ0) is 12.8. The minimum atomic E-state index is 0.789. The van der Waals surface area contributed by atoms with Gasteiger partial charge in [-0.2, -0.15) is 4.37 Å². The van der Waals surface area contributed by atoms with Crippen LogP contribution in [0.15, 0.2) is 0 Å². The van der Waals surface area contributed by atoms with Gasteiger partial charge in [-0.05, 0) is 52.6 Å². The zero-order valence-electron chi connectivity index (χ0n) is 11.5. The Kier molecular flexibility index (Phi) is 5.38. The molecule has 0 radical (unpaired) electrons. The lowest BCUT2D eigenvalue weighted by atomic mass is 10.0. The van der Waals surface area contributed by atoms with Crippen LogP contribution in [0.3, 0.4) is 0 Å². The Bertz CT molecular complexity index is 353. The molecule has 4 nitrogen and oxygen atoms in total. The quantitative estimate of drug-likeness (QED) is 0.805. The number of anilines is 1. The van der Waals surface area contributed by atoms with Gasteiger partial charge < -0.3 is 10.2 Å². The van der Waals surface area contributed by atoms with Crippen LogP contribution >= 0.6 is 11.5 Å². The molecule has 2 rings (SSSR count). The third kappa shape index (κ3) is 4.21. The first-order valence-electron chi connectivity index (χ1n) is 7.04. The second-order valence-electron chi connectivity index (χ2n) is 5.16. The van der Waals surface area contributed by atoms with Gasteiger partial charge in [0.25, 0.3) is 0 Å². The van der Waals surface area contributed by atoms with E-state index in [-0.39, 0.29) is 0 Å². The second-order valence-corrected chi connectivity index (χ2v) is 5.91. The number of hydrogen-bond acceptors (Lipinski definition) is 5. The number of piperidine rings is 1. The van der Waals surface area contributed by atoms with Crippen molar-refractivity contribution in [2.24, 2.45) is 0 Å². The standard InChI is InChI=1S/C13H24N4S/c1-11-7-3-5-9-17(11)10-6-4-8-14-13-15-12(2)16-18-13/h11H,3-10H2,1-2H3,(H,14,15,16). The van der Waals surface area contributed by atoms with Gasteiger partial charge in [0.05, 0.1) is 0 Å². The summed E-state index contributed by atoms with van der Waals surface area (Å²) in [5.74, 6) is 0.865. The SMILES string of the molecule is Cc1nsc(NCCCCN2CCCCC2C)n1. The predicted molar refractivity (Wildman–Crippen MR) is 77.3 cm³/mol. The molecule has 2 heterocycles. The van der Waals surface area contributed by atoms with Crippen LogP contribution in [-0.4, -0.2) is 39.9 Å². The fraction of sp³-hybridized carbons (Fsp3) is 0.846. The van der Waals surface area contributed by atoms with Crippen molar-refractivity contribution in [1.82, 2.24) is 14.3 Å². The van der Waals surface area contributed by atoms with Gasteiger partial charge in [0.15, 0.2) is 0 Å². The Morgan fingerprint density at radius 3 is 3.00 bits per heavy atom. The van der Waals surface area contributed by atoms with E-state index < -0.39 is 0 Å². The molecule has 1 saturated heterocycles. The van der Waals surface area contributed by atoms with E-state index in [9.17, 15) is 0 Å². The van der Waals surface area contributed by atoms with E-state index in [4.69, 9.17) is 0 Å². The molecule has 102 valence electrons. The van der Waals surface area contributed by atoms with Crippen molar-refractivity contribution in [3.8, 4) is 0 Å². The number of unbranched alkanes of at least 4 members (excludes halogenated alkanes) is 1. The molecule has 1 aliphatic rings. The third-order valence-electron chi connectivity index (χ3n) is 3.62. The van der Waals surface area contributed by atoms with Crippen LogP contribution in [0.25, 0.3) is 0 Å². The van der Waals surface area contributed by atoms with E-state index in [0.717, 1.165) is 23.5 Å². The summed E-state index contributed by atoms with van der Waals surface area (Å²) in [5.41, 5.74) is 0. The summed E-state index contributed by atoms with van der Waals surface area (Å²) in [6.45, 7) is 7.85. The number of hydrogen-bond donors (Lipinski definition) is 1. The van der Waals surface area contributed by atoms with Crippen LogP contribution in [0.5, 0.6) is 0 Å². The van der Waals surface area contributed by atoms with Gasteiger partial charge in [0, 0.05) is 24.1 Å². The molecular formula is C13H24N4S. The first-order valence-corrected chi connectivity index (χ1v) is 7.81. The molecular weight excluding hydrogens is 244 g/mol. The van der Waals surface area contributed by atoms with Crippen molar-refractivity contribution in [1.29, 1.82) is 0 Å². The molecule has 5 heteroatoms. The van der Waals surface area contributed by atoms with Crippen molar-refractivity contribution in [2.75, 3.05) is 25.0 Å². The second kappa shape index (κ2) is 7.04. The molecule has 1 atom stereocenters. The minimum Gasteiger partial charge on any atom is -0.360 e. The van der Waals surface area contributed by atoms with Gasteiger partial charge >= 0.3 is 0 Å². The Balaban J connectivity index is 1.55. The van der Waals surface area contributed by atoms with Gasteiger partial charge in [-0.1, -0.05) is 6.42 Å². The number of rotatable bonds is 6. The Morgan fingerprint density at radius 1 is 1.39 bits per heavy atom. The smallest absolute Gasteiger partial charge is 0.202 e. The summed E-state index contributed by atoms with van der Waals surface area (Å²) in [7, 11) is 0. The normalized spacial score (nSPS) is 21.1. The van der Waals surface area contributed by atoms with Gasteiger partial charge in [-0.3, -0.25) is 0 Å². The van der Waals surface area contributed by atoms with Crippen LogP contribution in [-0.2, 0) is 0 Å². The first kappa shape index (κ1) is 13.7. The summed E-state index contributed by atoms with van der Waals surface area (Å²) in [5, 5.41) is 4.30. The molecule has 0 saturated carbocycles.